The Labute approximate surface area is 173 Å². The lowest BCUT2D eigenvalue weighted by Crippen LogP contribution is -2.50. The first kappa shape index (κ1) is 21.8. The fourth-order valence-electron chi connectivity index (χ4n) is 3.90. The predicted molar refractivity (Wildman–Crippen MR) is 109 cm³/mol. The Morgan fingerprint density at radius 1 is 1.07 bits per heavy atom. The molecule has 1 aliphatic carbocycles. The van der Waals surface area contributed by atoms with Gasteiger partial charge in [-0.3, -0.25) is 4.79 Å². The van der Waals surface area contributed by atoms with Crippen LogP contribution in [0.4, 0.5) is 4.79 Å². The van der Waals surface area contributed by atoms with Gasteiger partial charge in [-0.15, -0.1) is 0 Å². The lowest BCUT2D eigenvalue weighted by atomic mass is 10.0. The normalized spacial score (nSPS) is 20.6. The van der Waals surface area contributed by atoms with Crippen LogP contribution in [0.1, 0.15) is 57.8 Å². The van der Waals surface area contributed by atoms with E-state index in [0.29, 0.717) is 45.9 Å². The van der Waals surface area contributed by atoms with Gasteiger partial charge in [-0.1, -0.05) is 31.1 Å². The Balaban J connectivity index is 1.16. The van der Waals surface area contributed by atoms with E-state index in [4.69, 9.17) is 14.2 Å². The van der Waals surface area contributed by atoms with Crippen molar-refractivity contribution >= 4 is 12.0 Å². The highest BCUT2D eigenvalue weighted by molar-refractivity contribution is 5.74. The van der Waals surface area contributed by atoms with Gasteiger partial charge in [0.05, 0.1) is 13.2 Å². The molecule has 1 N–H and O–H groups in total. The lowest BCUT2D eigenvalue weighted by Gasteiger charge is -2.37. The topological polar surface area (TPSA) is 77.1 Å². The number of hydrogen-bond donors (Lipinski definition) is 1. The molecule has 0 bridgehead atoms. The minimum absolute atomic E-state index is 0.00695. The second-order valence-corrected chi connectivity index (χ2v) is 7.91. The number of allylic oxidation sites excluding steroid dienone is 2. The Morgan fingerprint density at radius 2 is 1.83 bits per heavy atom. The van der Waals surface area contributed by atoms with Gasteiger partial charge in [0.2, 0.25) is 0 Å². The molecule has 0 aromatic heterocycles. The number of ether oxygens (including phenoxy) is 3. The molecule has 0 atom stereocenters. The SMILES string of the molecule is O=C(CCCCCCNC(=O)N1CCC2(CC1)OCCO2)OCC1=CCCC=C1. The fraction of sp³-hybridized carbons (Fsp3) is 0.727. The van der Waals surface area contributed by atoms with Gasteiger partial charge < -0.3 is 24.4 Å². The quantitative estimate of drug-likeness (QED) is 0.470. The van der Waals surface area contributed by atoms with Crippen LogP contribution in [0.25, 0.3) is 0 Å². The van der Waals surface area contributed by atoms with Crippen LogP contribution >= 0.6 is 0 Å². The van der Waals surface area contributed by atoms with Gasteiger partial charge in [0.25, 0.3) is 0 Å². The lowest BCUT2D eigenvalue weighted by molar-refractivity contribution is -0.181. The van der Waals surface area contributed by atoms with Crippen LogP contribution in [0, 0.1) is 0 Å². The number of esters is 1. The summed E-state index contributed by atoms with van der Waals surface area (Å²) in [5, 5.41) is 2.99. The number of amides is 2. The van der Waals surface area contributed by atoms with Crippen molar-refractivity contribution in [2.24, 2.45) is 0 Å². The van der Waals surface area contributed by atoms with Crippen LogP contribution in [0.2, 0.25) is 0 Å². The van der Waals surface area contributed by atoms with Crippen LogP contribution in [0.15, 0.2) is 23.8 Å². The summed E-state index contributed by atoms with van der Waals surface area (Å²) >= 11 is 0. The highest BCUT2D eigenvalue weighted by Crippen LogP contribution is 2.31. The summed E-state index contributed by atoms with van der Waals surface area (Å²) in [7, 11) is 0. The first-order valence-corrected chi connectivity index (χ1v) is 11.0. The average molecular weight is 407 g/mol. The van der Waals surface area contributed by atoms with Crippen molar-refractivity contribution in [2.45, 2.75) is 63.6 Å². The minimum atomic E-state index is -0.442. The highest BCUT2D eigenvalue weighted by Gasteiger charge is 2.40. The van der Waals surface area contributed by atoms with E-state index in [2.05, 4.69) is 17.5 Å². The Kier molecular flexibility index (Phi) is 8.55. The van der Waals surface area contributed by atoms with E-state index in [9.17, 15) is 9.59 Å². The Hall–Kier alpha value is -1.86. The van der Waals surface area contributed by atoms with Crippen molar-refractivity contribution in [3.63, 3.8) is 0 Å². The maximum absolute atomic E-state index is 12.2. The summed E-state index contributed by atoms with van der Waals surface area (Å²) in [5.74, 6) is -0.571. The molecule has 3 aliphatic rings. The second-order valence-electron chi connectivity index (χ2n) is 7.91. The zero-order chi connectivity index (χ0) is 20.4. The summed E-state index contributed by atoms with van der Waals surface area (Å²) in [6.07, 6.45) is 14.0. The fourth-order valence-corrected chi connectivity index (χ4v) is 3.90. The summed E-state index contributed by atoms with van der Waals surface area (Å²) in [5.41, 5.74) is 1.09. The van der Waals surface area contributed by atoms with Gasteiger partial charge in [-0.2, -0.15) is 0 Å². The Morgan fingerprint density at radius 3 is 2.55 bits per heavy atom. The average Bonchev–Trinajstić information content (AvgIpc) is 3.20. The van der Waals surface area contributed by atoms with Crippen LogP contribution in [-0.4, -0.2) is 62.1 Å². The third kappa shape index (κ3) is 7.16. The van der Waals surface area contributed by atoms with Crippen LogP contribution in [0.5, 0.6) is 0 Å². The van der Waals surface area contributed by atoms with Gasteiger partial charge in [0, 0.05) is 38.9 Å². The van der Waals surface area contributed by atoms with Crippen molar-refractivity contribution in [3.05, 3.63) is 23.8 Å². The van der Waals surface area contributed by atoms with Crippen molar-refractivity contribution < 1.29 is 23.8 Å². The van der Waals surface area contributed by atoms with Crippen molar-refractivity contribution in [1.82, 2.24) is 10.2 Å². The van der Waals surface area contributed by atoms with Gasteiger partial charge in [0.1, 0.15) is 6.61 Å². The number of unbranched alkanes of at least 4 members (excludes halogenated alkanes) is 3. The number of nitrogens with one attached hydrogen (secondary N) is 1. The van der Waals surface area contributed by atoms with E-state index in [-0.39, 0.29) is 12.0 Å². The van der Waals surface area contributed by atoms with E-state index < -0.39 is 5.79 Å². The maximum atomic E-state index is 12.2. The standard InChI is InChI=1S/C22H34N2O5/c25-20(27-18-19-8-4-3-5-9-19)10-6-1-2-7-13-23-21(26)24-14-11-22(12-15-24)28-16-17-29-22/h4,8-9H,1-3,5-7,10-18H2,(H,23,26). The summed E-state index contributed by atoms with van der Waals surface area (Å²) in [4.78, 5) is 25.9. The molecule has 2 aliphatic heterocycles. The number of carbonyl (C=O) groups is 2. The first-order valence-electron chi connectivity index (χ1n) is 11.0. The van der Waals surface area contributed by atoms with Gasteiger partial charge in [-0.05, 0) is 31.3 Å². The third-order valence-corrected chi connectivity index (χ3v) is 5.68. The molecule has 0 saturated carbocycles. The van der Waals surface area contributed by atoms with Crippen molar-refractivity contribution in [2.75, 3.05) is 39.5 Å². The highest BCUT2D eigenvalue weighted by atomic mass is 16.7. The largest absolute Gasteiger partial charge is 0.461 e. The molecule has 2 amide bonds. The van der Waals surface area contributed by atoms with Crippen LogP contribution < -0.4 is 5.32 Å². The molecule has 162 valence electrons. The smallest absolute Gasteiger partial charge is 0.317 e. The number of nitrogens with zero attached hydrogens (tertiary/aromatic N) is 1. The molecule has 0 radical (unpaired) electrons. The molecule has 0 aromatic carbocycles. The minimum Gasteiger partial charge on any atom is -0.461 e. The van der Waals surface area contributed by atoms with Crippen LogP contribution in [-0.2, 0) is 19.0 Å². The number of urea groups is 1. The zero-order valence-electron chi connectivity index (χ0n) is 17.3. The molecule has 7 heteroatoms. The van der Waals surface area contributed by atoms with Crippen molar-refractivity contribution in [3.8, 4) is 0 Å². The third-order valence-electron chi connectivity index (χ3n) is 5.68. The molecular formula is C22H34N2O5. The Bertz CT molecular complexity index is 600. The van der Waals surface area contributed by atoms with Gasteiger partial charge in [-0.25, -0.2) is 4.79 Å². The van der Waals surface area contributed by atoms with E-state index in [1.165, 1.54) is 0 Å². The molecule has 1 spiro atoms. The summed E-state index contributed by atoms with van der Waals surface area (Å²) < 4.78 is 16.7. The first-order chi connectivity index (χ1) is 14.2. The maximum Gasteiger partial charge on any atom is 0.317 e. The monoisotopic (exact) mass is 406 g/mol. The molecule has 29 heavy (non-hydrogen) atoms. The van der Waals surface area contributed by atoms with Crippen molar-refractivity contribution in [1.29, 1.82) is 0 Å². The van der Waals surface area contributed by atoms with E-state index in [1.807, 2.05) is 11.0 Å². The molecule has 2 saturated heterocycles. The number of rotatable bonds is 9. The molecule has 2 heterocycles. The van der Waals surface area contributed by atoms with Gasteiger partial charge in [0.15, 0.2) is 5.79 Å². The number of likely N-dealkylation sites (tertiary alicyclic amines) is 1. The van der Waals surface area contributed by atoms with Gasteiger partial charge >= 0.3 is 12.0 Å². The summed E-state index contributed by atoms with van der Waals surface area (Å²) in [6, 6.07) is -0.00695. The van der Waals surface area contributed by atoms with E-state index >= 15 is 0 Å². The van der Waals surface area contributed by atoms with E-state index in [0.717, 1.165) is 56.9 Å². The number of carbonyl (C=O) groups excluding carboxylic acids is 2. The summed E-state index contributed by atoms with van der Waals surface area (Å²) in [6.45, 7) is 3.69. The second kappa shape index (κ2) is 11.4. The number of hydrogen-bond acceptors (Lipinski definition) is 5. The van der Waals surface area contributed by atoms with Crippen LogP contribution in [0.3, 0.4) is 0 Å². The predicted octanol–water partition coefficient (Wildman–Crippen LogP) is 3.31. The molecule has 0 aromatic rings. The molecule has 0 unspecified atom stereocenters. The zero-order valence-corrected chi connectivity index (χ0v) is 17.3. The molecular weight excluding hydrogens is 372 g/mol. The molecule has 2 fully saturated rings. The number of piperidine rings is 1. The molecule has 3 rings (SSSR count). The molecule has 7 nitrogen and oxygen atoms in total. The van der Waals surface area contributed by atoms with E-state index in [1.54, 1.807) is 0 Å².